The number of anilines is 1. The van der Waals surface area contributed by atoms with Gasteiger partial charge in [-0.05, 0) is 25.0 Å². The predicted molar refractivity (Wildman–Crippen MR) is 139 cm³/mol. The molecular weight excluding hydrogens is 505 g/mol. The van der Waals surface area contributed by atoms with Gasteiger partial charge in [0.1, 0.15) is 5.82 Å². The van der Waals surface area contributed by atoms with Crippen LogP contribution in [0.2, 0.25) is 10.0 Å². The highest BCUT2D eigenvalue weighted by atomic mass is 35.5. The molecule has 3 aromatic rings. The van der Waals surface area contributed by atoms with E-state index < -0.39 is 0 Å². The number of hydrogen-bond acceptors (Lipinski definition) is 8. The Labute approximate surface area is 219 Å². The van der Waals surface area contributed by atoms with Gasteiger partial charge >= 0.3 is 11.9 Å². The lowest BCUT2D eigenvalue weighted by molar-refractivity contribution is -0.141. The van der Waals surface area contributed by atoms with Gasteiger partial charge < -0.3 is 23.8 Å². The number of hydrogen-bond donors (Lipinski definition) is 0. The van der Waals surface area contributed by atoms with Gasteiger partial charge in [-0.15, -0.1) is 0 Å². The minimum Gasteiger partial charge on any atom is -0.469 e. The maximum absolute atomic E-state index is 11.8. The lowest BCUT2D eigenvalue weighted by atomic mass is 10.1. The Morgan fingerprint density at radius 1 is 1.14 bits per heavy atom. The van der Waals surface area contributed by atoms with Crippen molar-refractivity contribution in [2.75, 3.05) is 45.3 Å². The van der Waals surface area contributed by atoms with Crippen molar-refractivity contribution >= 4 is 51.9 Å². The summed E-state index contributed by atoms with van der Waals surface area (Å²) in [4.78, 5) is 37.1. The molecule has 192 valence electrons. The van der Waals surface area contributed by atoms with Crippen molar-refractivity contribution in [3.05, 3.63) is 47.0 Å². The zero-order valence-electron chi connectivity index (χ0n) is 20.3. The number of methoxy groups -OCH3 is 2. The fraction of sp³-hybridized carbons (Fsp3) is 0.440. The van der Waals surface area contributed by atoms with Crippen LogP contribution in [0.4, 0.5) is 5.82 Å². The largest absolute Gasteiger partial charge is 0.469 e. The Balaban J connectivity index is 1.64. The molecule has 9 nitrogen and oxygen atoms in total. The van der Waals surface area contributed by atoms with E-state index in [1.54, 1.807) is 18.6 Å². The number of pyridine rings is 1. The zero-order chi connectivity index (χ0) is 25.7. The van der Waals surface area contributed by atoms with Gasteiger partial charge in [-0.1, -0.05) is 23.2 Å². The van der Waals surface area contributed by atoms with E-state index in [9.17, 15) is 9.59 Å². The first kappa shape index (κ1) is 26.2. The van der Waals surface area contributed by atoms with Crippen LogP contribution in [-0.2, 0) is 19.1 Å². The second-order valence-electron chi connectivity index (χ2n) is 8.67. The summed E-state index contributed by atoms with van der Waals surface area (Å²) in [6.07, 6.45) is 7.79. The lowest BCUT2D eigenvalue weighted by Crippen LogP contribution is -2.42. The Kier molecular flexibility index (Phi) is 8.66. The van der Waals surface area contributed by atoms with Gasteiger partial charge in [-0.25, -0.2) is 9.97 Å². The van der Waals surface area contributed by atoms with E-state index in [0.717, 1.165) is 36.3 Å². The summed E-state index contributed by atoms with van der Waals surface area (Å²) in [5.74, 6) is 0.224. The van der Waals surface area contributed by atoms with Gasteiger partial charge in [-0.3, -0.25) is 9.59 Å². The number of esters is 2. The van der Waals surface area contributed by atoms with Crippen LogP contribution in [0.5, 0.6) is 0 Å². The average Bonchev–Trinajstić information content (AvgIpc) is 3.59. The summed E-state index contributed by atoms with van der Waals surface area (Å²) in [6, 6.07) is 5.87. The molecule has 0 saturated carbocycles. The zero-order valence-corrected chi connectivity index (χ0v) is 21.8. The van der Waals surface area contributed by atoms with Crippen LogP contribution in [0.3, 0.4) is 0 Å². The third-order valence-electron chi connectivity index (χ3n) is 6.48. The highest BCUT2D eigenvalue weighted by Gasteiger charge is 2.29. The number of halogens is 2. The van der Waals surface area contributed by atoms with Crippen molar-refractivity contribution in [1.29, 1.82) is 0 Å². The number of ether oxygens (including phenoxy) is 2. The molecule has 2 aromatic heterocycles. The van der Waals surface area contributed by atoms with Crippen molar-refractivity contribution in [3.63, 3.8) is 0 Å². The smallest absolute Gasteiger partial charge is 0.306 e. The molecule has 1 aliphatic heterocycles. The van der Waals surface area contributed by atoms with E-state index in [4.69, 9.17) is 37.7 Å². The fourth-order valence-electron chi connectivity index (χ4n) is 4.59. The van der Waals surface area contributed by atoms with Crippen molar-refractivity contribution in [3.8, 4) is 5.69 Å². The quantitative estimate of drug-likeness (QED) is 0.359. The van der Waals surface area contributed by atoms with Crippen molar-refractivity contribution < 1.29 is 19.1 Å². The van der Waals surface area contributed by atoms with Gasteiger partial charge in [0.2, 0.25) is 0 Å². The van der Waals surface area contributed by atoms with Crippen LogP contribution in [0.15, 0.2) is 36.9 Å². The summed E-state index contributed by atoms with van der Waals surface area (Å²) in [5, 5.41) is 1.73. The topological polar surface area (TPSA) is 89.8 Å². The van der Waals surface area contributed by atoms with E-state index in [-0.39, 0.29) is 30.8 Å². The molecule has 1 aliphatic rings. The van der Waals surface area contributed by atoms with Gasteiger partial charge in [0, 0.05) is 56.1 Å². The Bertz CT molecular complexity index is 1200. The van der Waals surface area contributed by atoms with Crippen LogP contribution in [0.1, 0.15) is 25.7 Å². The molecule has 0 amide bonds. The van der Waals surface area contributed by atoms with Crippen LogP contribution in [0, 0.1) is 0 Å². The van der Waals surface area contributed by atoms with Crippen LogP contribution in [-0.4, -0.2) is 77.8 Å². The molecule has 1 saturated heterocycles. The molecule has 4 rings (SSSR count). The molecule has 3 heterocycles. The van der Waals surface area contributed by atoms with Crippen molar-refractivity contribution in [1.82, 2.24) is 19.4 Å². The minimum absolute atomic E-state index is 0.138. The summed E-state index contributed by atoms with van der Waals surface area (Å²) < 4.78 is 11.6. The highest BCUT2D eigenvalue weighted by molar-refractivity contribution is 6.45. The van der Waals surface area contributed by atoms with Gasteiger partial charge in [0.15, 0.2) is 0 Å². The molecule has 36 heavy (non-hydrogen) atoms. The number of carbonyl (C=O) groups excluding carboxylic acids is 2. The molecule has 0 spiro atoms. The second kappa shape index (κ2) is 11.9. The molecule has 0 aliphatic carbocycles. The minimum atomic E-state index is -0.283. The fourth-order valence-corrected chi connectivity index (χ4v) is 4.95. The molecule has 1 atom stereocenters. The third-order valence-corrected chi connectivity index (χ3v) is 7.27. The van der Waals surface area contributed by atoms with E-state index >= 15 is 0 Å². The molecule has 11 heteroatoms. The number of benzene rings is 1. The molecular formula is C25H29Cl2N5O4. The van der Waals surface area contributed by atoms with Gasteiger partial charge in [0.05, 0.1) is 54.6 Å². The normalized spacial score (nSPS) is 15.6. The van der Waals surface area contributed by atoms with E-state index in [0.29, 0.717) is 35.2 Å². The molecule has 0 bridgehead atoms. The monoisotopic (exact) mass is 533 g/mol. The number of rotatable bonds is 10. The summed E-state index contributed by atoms with van der Waals surface area (Å²) >= 11 is 12.9. The van der Waals surface area contributed by atoms with Gasteiger partial charge in [-0.2, -0.15) is 0 Å². The predicted octanol–water partition coefficient (Wildman–Crippen LogP) is 4.12. The van der Waals surface area contributed by atoms with E-state index in [2.05, 4.69) is 14.8 Å². The highest BCUT2D eigenvalue weighted by Crippen LogP contribution is 2.36. The Morgan fingerprint density at radius 2 is 1.86 bits per heavy atom. The number of fused-ring (bicyclic) bond motifs is 1. The number of aromatic nitrogens is 3. The molecule has 1 fully saturated rings. The summed E-state index contributed by atoms with van der Waals surface area (Å²) in [6.45, 7) is 2.46. The Morgan fingerprint density at radius 3 is 2.50 bits per heavy atom. The number of imidazole rings is 1. The van der Waals surface area contributed by atoms with Crippen molar-refractivity contribution in [2.45, 2.75) is 31.7 Å². The maximum atomic E-state index is 11.8. The summed E-state index contributed by atoms with van der Waals surface area (Å²) in [7, 11) is 2.75. The molecule has 0 N–H and O–H groups in total. The number of carbonyl (C=O) groups is 2. The average molecular weight is 534 g/mol. The molecule has 0 radical (unpaired) electrons. The first-order chi connectivity index (χ1) is 17.4. The standard InChI is InChI=1S/C25H29Cl2N5O4/c1-35-22(33)7-11-30(12-8-23(34)36-2)15-17-4-3-10-32(17)21-14-20(31-13-9-28-16-31)18-5-6-19(26)24(27)25(18)29-21/h5-6,9,13-14,16-17H,3-4,7-8,10-12,15H2,1-2H3/t17-/m0/s1. The van der Waals surface area contributed by atoms with Crippen LogP contribution < -0.4 is 4.90 Å². The first-order valence-corrected chi connectivity index (χ1v) is 12.6. The molecule has 1 aromatic carbocycles. The van der Waals surface area contributed by atoms with Crippen LogP contribution >= 0.6 is 23.2 Å². The van der Waals surface area contributed by atoms with Crippen molar-refractivity contribution in [2.24, 2.45) is 0 Å². The summed E-state index contributed by atoms with van der Waals surface area (Å²) in [5.41, 5.74) is 1.54. The maximum Gasteiger partial charge on any atom is 0.306 e. The van der Waals surface area contributed by atoms with E-state index in [1.165, 1.54) is 14.2 Å². The number of nitrogens with zero attached hydrogens (tertiary/aromatic N) is 5. The lowest BCUT2D eigenvalue weighted by Gasteiger charge is -2.32. The van der Waals surface area contributed by atoms with E-state index in [1.807, 2.05) is 22.9 Å². The third kappa shape index (κ3) is 5.91. The molecule has 0 unspecified atom stereocenters. The van der Waals surface area contributed by atoms with Crippen LogP contribution in [0.25, 0.3) is 16.6 Å². The Hall–Kier alpha value is -2.88. The second-order valence-corrected chi connectivity index (χ2v) is 9.45. The van der Waals surface area contributed by atoms with Gasteiger partial charge in [0.25, 0.3) is 0 Å². The first-order valence-electron chi connectivity index (χ1n) is 11.8. The SMILES string of the molecule is COC(=O)CCN(CCC(=O)OC)C[C@@H]1CCCN1c1cc(-n2ccnc2)c2ccc(Cl)c(Cl)c2n1.